The smallest absolute Gasteiger partial charge is 0.201 e. The van der Waals surface area contributed by atoms with Crippen LogP contribution in [-0.2, 0) is 19.3 Å². The number of phenolic OH excluding ortho intramolecular Hbond substituents is 2. The average molecular weight is 351 g/mol. The Morgan fingerprint density at radius 3 is 1.60 bits per heavy atom. The van der Waals surface area contributed by atoms with Gasteiger partial charge in [0.2, 0.25) is 5.75 Å². The average Bonchev–Trinajstić information content (AvgIpc) is 2.62. The SMILES string of the molecule is CCCCOc1c(O)c(O)c(CCCC)c(CCCC)c1CCCC. The van der Waals surface area contributed by atoms with Crippen molar-refractivity contribution in [1.29, 1.82) is 0 Å². The second kappa shape index (κ2) is 12.1. The molecule has 0 spiro atoms. The Morgan fingerprint density at radius 2 is 1.08 bits per heavy atom. The lowest BCUT2D eigenvalue weighted by Gasteiger charge is -2.22. The van der Waals surface area contributed by atoms with Gasteiger partial charge in [-0.05, 0) is 50.5 Å². The fourth-order valence-electron chi connectivity index (χ4n) is 3.23. The van der Waals surface area contributed by atoms with E-state index in [9.17, 15) is 10.2 Å². The predicted molar refractivity (Wildman–Crippen MR) is 106 cm³/mol. The molecule has 0 bridgehead atoms. The van der Waals surface area contributed by atoms with Crippen LogP contribution in [0.3, 0.4) is 0 Å². The normalized spacial score (nSPS) is 11.0. The molecule has 0 unspecified atom stereocenters. The van der Waals surface area contributed by atoms with Crippen LogP contribution in [0.5, 0.6) is 17.2 Å². The van der Waals surface area contributed by atoms with Gasteiger partial charge in [-0.2, -0.15) is 0 Å². The molecule has 1 rings (SSSR count). The lowest BCUT2D eigenvalue weighted by Crippen LogP contribution is -2.08. The summed E-state index contributed by atoms with van der Waals surface area (Å²) in [6.07, 6.45) is 11.2. The van der Waals surface area contributed by atoms with Gasteiger partial charge in [-0.1, -0.05) is 53.4 Å². The van der Waals surface area contributed by atoms with Crippen LogP contribution in [0.25, 0.3) is 0 Å². The predicted octanol–water partition coefficient (Wildman–Crippen LogP) is 6.30. The van der Waals surface area contributed by atoms with E-state index in [2.05, 4.69) is 27.7 Å². The van der Waals surface area contributed by atoms with Crippen molar-refractivity contribution < 1.29 is 14.9 Å². The summed E-state index contributed by atoms with van der Waals surface area (Å²) in [6, 6.07) is 0. The van der Waals surface area contributed by atoms with Crippen molar-refractivity contribution in [3.05, 3.63) is 16.7 Å². The van der Waals surface area contributed by atoms with Gasteiger partial charge in [0.25, 0.3) is 0 Å². The summed E-state index contributed by atoms with van der Waals surface area (Å²) in [6.45, 7) is 9.24. The molecule has 0 atom stereocenters. The van der Waals surface area contributed by atoms with Crippen LogP contribution in [0.1, 0.15) is 95.8 Å². The van der Waals surface area contributed by atoms with Crippen molar-refractivity contribution in [1.82, 2.24) is 0 Å². The second-order valence-corrected chi connectivity index (χ2v) is 6.97. The number of hydrogen-bond acceptors (Lipinski definition) is 3. The van der Waals surface area contributed by atoms with Gasteiger partial charge in [-0.25, -0.2) is 0 Å². The fraction of sp³-hybridized carbons (Fsp3) is 0.727. The third-order valence-corrected chi connectivity index (χ3v) is 4.81. The Hall–Kier alpha value is -1.38. The summed E-state index contributed by atoms with van der Waals surface area (Å²) in [4.78, 5) is 0. The summed E-state index contributed by atoms with van der Waals surface area (Å²) in [7, 11) is 0. The first-order chi connectivity index (χ1) is 12.1. The molecule has 144 valence electrons. The van der Waals surface area contributed by atoms with Crippen LogP contribution in [0.15, 0.2) is 0 Å². The molecular weight excluding hydrogens is 312 g/mol. The molecule has 3 nitrogen and oxygen atoms in total. The Morgan fingerprint density at radius 1 is 0.600 bits per heavy atom. The zero-order chi connectivity index (χ0) is 18.7. The quantitative estimate of drug-likeness (QED) is 0.324. The molecule has 0 aliphatic rings. The maximum Gasteiger partial charge on any atom is 0.201 e. The Labute approximate surface area is 154 Å². The van der Waals surface area contributed by atoms with Crippen molar-refractivity contribution in [2.45, 2.75) is 98.3 Å². The van der Waals surface area contributed by atoms with E-state index < -0.39 is 0 Å². The first-order valence-corrected chi connectivity index (χ1v) is 10.3. The van der Waals surface area contributed by atoms with Gasteiger partial charge in [-0.15, -0.1) is 0 Å². The lowest BCUT2D eigenvalue weighted by molar-refractivity contribution is 0.282. The van der Waals surface area contributed by atoms with Crippen LogP contribution in [0, 0.1) is 0 Å². The molecule has 0 aromatic heterocycles. The lowest BCUT2D eigenvalue weighted by atomic mass is 9.89. The first-order valence-electron chi connectivity index (χ1n) is 10.3. The molecular formula is C22H38O3. The van der Waals surface area contributed by atoms with Gasteiger partial charge < -0.3 is 14.9 Å². The van der Waals surface area contributed by atoms with Gasteiger partial charge in [0.05, 0.1) is 6.61 Å². The Balaban J connectivity index is 3.38. The summed E-state index contributed by atoms with van der Waals surface area (Å²) in [5, 5.41) is 21.3. The summed E-state index contributed by atoms with van der Waals surface area (Å²) < 4.78 is 5.96. The van der Waals surface area contributed by atoms with Crippen LogP contribution < -0.4 is 4.74 Å². The summed E-state index contributed by atoms with van der Waals surface area (Å²) >= 11 is 0. The molecule has 0 aliphatic heterocycles. The number of phenols is 2. The van der Waals surface area contributed by atoms with E-state index in [0.29, 0.717) is 12.4 Å². The van der Waals surface area contributed by atoms with Crippen molar-refractivity contribution in [2.75, 3.05) is 6.61 Å². The van der Waals surface area contributed by atoms with E-state index in [1.807, 2.05) is 0 Å². The highest BCUT2D eigenvalue weighted by molar-refractivity contribution is 5.62. The molecule has 0 heterocycles. The van der Waals surface area contributed by atoms with Crippen molar-refractivity contribution in [3.63, 3.8) is 0 Å². The minimum atomic E-state index is -0.0476. The zero-order valence-corrected chi connectivity index (χ0v) is 16.8. The summed E-state index contributed by atoms with van der Waals surface area (Å²) in [5.74, 6) is 0.533. The van der Waals surface area contributed by atoms with Crippen LogP contribution >= 0.6 is 0 Å². The van der Waals surface area contributed by atoms with E-state index >= 15 is 0 Å². The molecule has 0 fully saturated rings. The number of aromatic hydroxyl groups is 2. The maximum atomic E-state index is 10.7. The molecule has 3 heteroatoms. The van der Waals surface area contributed by atoms with E-state index in [1.165, 1.54) is 5.56 Å². The van der Waals surface area contributed by atoms with Crippen LogP contribution in [-0.4, -0.2) is 16.8 Å². The highest BCUT2D eigenvalue weighted by atomic mass is 16.5. The highest BCUT2D eigenvalue weighted by Crippen LogP contribution is 2.46. The molecule has 2 N–H and O–H groups in total. The minimum Gasteiger partial charge on any atom is -0.504 e. The number of unbranched alkanes of at least 4 members (excludes halogenated alkanes) is 4. The molecule has 0 aliphatic carbocycles. The Bertz CT molecular complexity index is 509. The van der Waals surface area contributed by atoms with Gasteiger partial charge in [0, 0.05) is 11.1 Å². The molecule has 0 saturated heterocycles. The maximum absolute atomic E-state index is 10.7. The molecule has 0 radical (unpaired) electrons. The van der Waals surface area contributed by atoms with E-state index in [0.717, 1.165) is 81.8 Å². The highest BCUT2D eigenvalue weighted by Gasteiger charge is 2.23. The fourth-order valence-corrected chi connectivity index (χ4v) is 3.23. The van der Waals surface area contributed by atoms with Crippen molar-refractivity contribution in [3.8, 4) is 17.2 Å². The zero-order valence-electron chi connectivity index (χ0n) is 16.8. The second-order valence-electron chi connectivity index (χ2n) is 6.97. The van der Waals surface area contributed by atoms with E-state index in [4.69, 9.17) is 4.74 Å². The van der Waals surface area contributed by atoms with Gasteiger partial charge in [0.1, 0.15) is 0 Å². The molecule has 1 aromatic rings. The molecule has 0 saturated carbocycles. The van der Waals surface area contributed by atoms with Crippen LogP contribution in [0.4, 0.5) is 0 Å². The van der Waals surface area contributed by atoms with Crippen LogP contribution in [0.2, 0.25) is 0 Å². The van der Waals surface area contributed by atoms with Gasteiger partial charge in [0.15, 0.2) is 11.5 Å². The third-order valence-electron chi connectivity index (χ3n) is 4.81. The summed E-state index contributed by atoms with van der Waals surface area (Å²) in [5.41, 5.74) is 3.31. The van der Waals surface area contributed by atoms with Gasteiger partial charge in [-0.3, -0.25) is 0 Å². The van der Waals surface area contributed by atoms with Crippen molar-refractivity contribution in [2.24, 2.45) is 0 Å². The number of rotatable bonds is 13. The molecule has 0 amide bonds. The van der Waals surface area contributed by atoms with Gasteiger partial charge >= 0.3 is 0 Å². The standard InChI is InChI=1S/C22H38O3/c1-5-9-13-17-18(14-10-6-2)20(23)21(24)22(25-16-12-8-4)19(17)15-11-7-3/h23-24H,5-16H2,1-4H3. The Kier molecular flexibility index (Phi) is 10.4. The third kappa shape index (κ3) is 6.13. The van der Waals surface area contributed by atoms with E-state index in [-0.39, 0.29) is 11.5 Å². The minimum absolute atomic E-state index is 0.0475. The van der Waals surface area contributed by atoms with Crippen molar-refractivity contribution >= 4 is 0 Å². The molecule has 25 heavy (non-hydrogen) atoms. The molecule has 1 aromatic carbocycles. The number of ether oxygens (including phenoxy) is 1. The number of hydrogen-bond donors (Lipinski definition) is 2. The number of benzene rings is 1. The first kappa shape index (κ1) is 21.7. The topological polar surface area (TPSA) is 49.7 Å². The van der Waals surface area contributed by atoms with E-state index in [1.54, 1.807) is 0 Å². The largest absolute Gasteiger partial charge is 0.504 e. The monoisotopic (exact) mass is 350 g/mol.